The quantitative estimate of drug-likeness (QED) is 0.835. The molecule has 1 saturated heterocycles. The van der Waals surface area contributed by atoms with Gasteiger partial charge in [0.05, 0.1) is 0 Å². The Morgan fingerprint density at radius 3 is 2.45 bits per heavy atom. The van der Waals surface area contributed by atoms with Crippen LogP contribution >= 0.6 is 11.6 Å². The topological polar surface area (TPSA) is 45.2 Å². The van der Waals surface area contributed by atoms with Gasteiger partial charge in [-0.3, -0.25) is 0 Å². The third kappa shape index (κ3) is 2.68. The molecular weight excluding hydrogens is 274 g/mol. The Hall–Kier alpha value is -1.10. The summed E-state index contributed by atoms with van der Waals surface area (Å²) in [7, 11) is 0. The lowest BCUT2D eigenvalue weighted by molar-refractivity contribution is 0.691. The van der Waals surface area contributed by atoms with Crippen LogP contribution in [0.15, 0.2) is 0 Å². The largest absolute Gasteiger partial charge is 0.341 e. The van der Waals surface area contributed by atoms with E-state index in [2.05, 4.69) is 19.8 Å². The lowest BCUT2D eigenvalue weighted by atomic mass is 10.3. The van der Waals surface area contributed by atoms with Gasteiger partial charge in [-0.05, 0) is 56.0 Å². The van der Waals surface area contributed by atoms with Gasteiger partial charge < -0.3 is 9.80 Å². The Labute approximate surface area is 124 Å². The van der Waals surface area contributed by atoms with Crippen LogP contribution in [-0.2, 0) is 0 Å². The molecule has 2 saturated carbocycles. The molecule has 3 fully saturated rings. The van der Waals surface area contributed by atoms with E-state index >= 15 is 0 Å². The smallest absolute Gasteiger partial charge is 0.231 e. The Morgan fingerprint density at radius 1 is 1.05 bits per heavy atom. The summed E-state index contributed by atoms with van der Waals surface area (Å²) in [6.45, 7) is 3.15. The molecule has 4 rings (SSSR count). The highest BCUT2D eigenvalue weighted by Gasteiger charge is 2.35. The van der Waals surface area contributed by atoms with E-state index in [9.17, 15) is 0 Å². The first-order chi connectivity index (χ1) is 9.79. The number of hydrogen-bond donors (Lipinski definition) is 0. The van der Waals surface area contributed by atoms with Crippen molar-refractivity contribution in [2.45, 2.75) is 44.6 Å². The first kappa shape index (κ1) is 12.6. The monoisotopic (exact) mass is 293 g/mol. The number of anilines is 2. The molecule has 0 bridgehead atoms. The van der Waals surface area contributed by atoms with E-state index in [0.29, 0.717) is 11.3 Å². The van der Waals surface area contributed by atoms with Gasteiger partial charge >= 0.3 is 0 Å². The first-order valence-corrected chi connectivity index (χ1v) is 8.10. The van der Waals surface area contributed by atoms with E-state index in [1.165, 1.54) is 38.5 Å². The molecule has 0 radical (unpaired) electrons. The van der Waals surface area contributed by atoms with Gasteiger partial charge in [-0.1, -0.05) is 0 Å². The number of halogens is 1. The zero-order chi connectivity index (χ0) is 13.5. The predicted molar refractivity (Wildman–Crippen MR) is 79.4 cm³/mol. The van der Waals surface area contributed by atoms with Crippen molar-refractivity contribution in [2.75, 3.05) is 29.4 Å². The van der Waals surface area contributed by atoms with E-state index in [1.807, 2.05) is 0 Å². The van der Waals surface area contributed by atoms with Crippen molar-refractivity contribution in [3.05, 3.63) is 5.28 Å². The minimum Gasteiger partial charge on any atom is -0.341 e. The van der Waals surface area contributed by atoms with Crippen molar-refractivity contribution < 1.29 is 0 Å². The molecule has 5 nitrogen and oxygen atoms in total. The van der Waals surface area contributed by atoms with Crippen LogP contribution in [0.4, 0.5) is 11.9 Å². The average Bonchev–Trinajstić information content (AvgIpc) is 3.35. The van der Waals surface area contributed by atoms with Crippen molar-refractivity contribution in [2.24, 2.45) is 5.92 Å². The molecule has 0 amide bonds. The lowest BCUT2D eigenvalue weighted by Gasteiger charge is -2.24. The van der Waals surface area contributed by atoms with Crippen LogP contribution in [0.1, 0.15) is 38.5 Å². The molecule has 0 unspecified atom stereocenters. The third-order valence-corrected chi connectivity index (χ3v) is 4.54. The molecule has 2 aliphatic carbocycles. The zero-order valence-electron chi connectivity index (χ0n) is 11.6. The molecule has 20 heavy (non-hydrogen) atoms. The molecule has 108 valence electrons. The highest BCUT2D eigenvalue weighted by atomic mass is 35.5. The number of nitrogens with zero attached hydrogens (tertiary/aromatic N) is 5. The van der Waals surface area contributed by atoms with E-state index in [-0.39, 0.29) is 0 Å². The SMILES string of the molecule is Clc1nc(N2CCCC2)nc(N(CC2CC2)C2CC2)n1. The van der Waals surface area contributed by atoms with Gasteiger partial charge in [0.25, 0.3) is 0 Å². The molecule has 6 heteroatoms. The summed E-state index contributed by atoms with van der Waals surface area (Å²) in [5, 5.41) is 0.332. The maximum atomic E-state index is 6.13. The first-order valence-electron chi connectivity index (χ1n) is 7.73. The van der Waals surface area contributed by atoms with Gasteiger partial charge in [-0.25, -0.2) is 0 Å². The van der Waals surface area contributed by atoms with Crippen LogP contribution in [-0.4, -0.2) is 40.6 Å². The van der Waals surface area contributed by atoms with Crippen LogP contribution in [0.2, 0.25) is 5.28 Å². The van der Waals surface area contributed by atoms with Gasteiger partial charge in [-0.15, -0.1) is 0 Å². The van der Waals surface area contributed by atoms with E-state index in [0.717, 1.165) is 37.4 Å². The average molecular weight is 294 g/mol. The Balaban J connectivity index is 1.61. The molecule has 0 atom stereocenters. The fraction of sp³-hybridized carbons (Fsp3) is 0.786. The van der Waals surface area contributed by atoms with Gasteiger partial charge in [0.1, 0.15) is 0 Å². The second-order valence-corrected chi connectivity index (χ2v) is 6.56. The van der Waals surface area contributed by atoms with Crippen molar-refractivity contribution in [3.8, 4) is 0 Å². The van der Waals surface area contributed by atoms with Crippen LogP contribution < -0.4 is 9.80 Å². The number of aromatic nitrogens is 3. The second kappa shape index (κ2) is 5.02. The molecule has 3 aliphatic rings. The van der Waals surface area contributed by atoms with Crippen LogP contribution in [0.3, 0.4) is 0 Å². The molecule has 1 aliphatic heterocycles. The lowest BCUT2D eigenvalue weighted by Crippen LogP contribution is -2.31. The van der Waals surface area contributed by atoms with Gasteiger partial charge in [0, 0.05) is 25.7 Å². The zero-order valence-corrected chi connectivity index (χ0v) is 12.4. The molecule has 0 N–H and O–H groups in total. The summed E-state index contributed by atoms with van der Waals surface area (Å²) < 4.78 is 0. The third-order valence-electron chi connectivity index (χ3n) is 4.37. The summed E-state index contributed by atoms with van der Waals surface area (Å²) in [5.74, 6) is 2.39. The Kier molecular flexibility index (Phi) is 3.17. The van der Waals surface area contributed by atoms with Gasteiger partial charge in [0.2, 0.25) is 17.2 Å². The molecular formula is C14H20ClN5. The van der Waals surface area contributed by atoms with Crippen molar-refractivity contribution in [1.29, 1.82) is 0 Å². The minimum atomic E-state index is 0.332. The summed E-state index contributed by atoms with van der Waals surface area (Å²) >= 11 is 6.13. The maximum absolute atomic E-state index is 6.13. The summed E-state index contributed by atoms with van der Waals surface area (Å²) in [5.41, 5.74) is 0. The number of hydrogen-bond acceptors (Lipinski definition) is 5. The summed E-state index contributed by atoms with van der Waals surface area (Å²) in [6, 6.07) is 0.625. The van der Waals surface area contributed by atoms with Gasteiger partial charge in [0.15, 0.2) is 0 Å². The summed E-state index contributed by atoms with van der Waals surface area (Å²) in [4.78, 5) is 18.0. The van der Waals surface area contributed by atoms with E-state index in [1.54, 1.807) is 0 Å². The van der Waals surface area contributed by atoms with Crippen LogP contribution in [0.5, 0.6) is 0 Å². The Morgan fingerprint density at radius 2 is 1.80 bits per heavy atom. The normalized spacial score (nSPS) is 22.4. The van der Waals surface area contributed by atoms with Crippen molar-refractivity contribution >= 4 is 23.5 Å². The standard InChI is InChI=1S/C14H20ClN5/c15-12-16-13(19-7-1-2-8-19)18-14(17-12)20(11-5-6-11)9-10-3-4-10/h10-11H,1-9H2. The maximum Gasteiger partial charge on any atom is 0.231 e. The highest BCUT2D eigenvalue weighted by Crippen LogP contribution is 2.37. The van der Waals surface area contributed by atoms with Gasteiger partial charge in [-0.2, -0.15) is 15.0 Å². The molecule has 0 aromatic carbocycles. The van der Waals surface area contributed by atoms with E-state index in [4.69, 9.17) is 16.6 Å². The van der Waals surface area contributed by atoms with Crippen LogP contribution in [0, 0.1) is 5.92 Å². The second-order valence-electron chi connectivity index (χ2n) is 6.23. The fourth-order valence-electron chi connectivity index (χ4n) is 2.88. The van der Waals surface area contributed by atoms with Crippen molar-refractivity contribution in [3.63, 3.8) is 0 Å². The van der Waals surface area contributed by atoms with Crippen LogP contribution in [0.25, 0.3) is 0 Å². The Bertz CT molecular complexity index is 494. The minimum absolute atomic E-state index is 0.332. The summed E-state index contributed by atoms with van der Waals surface area (Å²) in [6.07, 6.45) is 7.65. The molecule has 1 aromatic heterocycles. The fourth-order valence-corrected chi connectivity index (χ4v) is 3.03. The highest BCUT2D eigenvalue weighted by molar-refractivity contribution is 6.28. The molecule has 1 aromatic rings. The number of rotatable bonds is 5. The predicted octanol–water partition coefficient (Wildman–Crippen LogP) is 2.50. The molecule has 0 spiro atoms. The van der Waals surface area contributed by atoms with Crippen molar-refractivity contribution in [1.82, 2.24) is 15.0 Å². The molecule has 2 heterocycles. The van der Waals surface area contributed by atoms with E-state index < -0.39 is 0 Å².